The van der Waals surface area contributed by atoms with Crippen molar-refractivity contribution >= 4 is 16.2 Å². The number of ether oxygens (including phenoxy) is 1. The predicted molar refractivity (Wildman–Crippen MR) is 98.8 cm³/mol. The monoisotopic (exact) mass is 437 g/mol. The Morgan fingerprint density at radius 3 is 2.80 bits per heavy atom. The number of fused-ring (bicyclic) bond motifs is 1. The number of phenols is 1. The Kier molecular flexibility index (Phi) is 4.22. The third-order valence-electron chi connectivity index (χ3n) is 4.76. The number of aliphatic hydroxyl groups excluding tert-OH is 1. The van der Waals surface area contributed by atoms with Gasteiger partial charge in [-0.25, -0.2) is 9.67 Å². The van der Waals surface area contributed by atoms with E-state index in [9.17, 15) is 23.4 Å². The van der Waals surface area contributed by atoms with Gasteiger partial charge in [0, 0.05) is 10.9 Å². The molecule has 4 aromatic rings. The molecule has 3 heterocycles. The van der Waals surface area contributed by atoms with Crippen molar-refractivity contribution in [3.8, 4) is 17.2 Å². The number of rotatable bonds is 5. The van der Waals surface area contributed by atoms with E-state index >= 15 is 0 Å². The molecule has 12 heteroatoms. The van der Waals surface area contributed by atoms with Crippen LogP contribution in [0, 0.1) is 0 Å². The van der Waals surface area contributed by atoms with Gasteiger partial charge in [0.1, 0.15) is 23.0 Å². The predicted octanol–water partition coefficient (Wildman–Crippen LogP) is 3.54. The summed E-state index contributed by atoms with van der Waals surface area (Å²) in [5.74, 6) is -1.02. The van der Waals surface area contributed by atoms with E-state index in [4.69, 9.17) is 0 Å². The normalized spacial score (nSPS) is 15.6. The van der Waals surface area contributed by atoms with Gasteiger partial charge in [0.25, 0.3) is 0 Å². The van der Waals surface area contributed by atoms with Crippen LogP contribution in [0.3, 0.4) is 0 Å². The smallest absolute Gasteiger partial charge is 0.504 e. The van der Waals surface area contributed by atoms with Crippen LogP contribution < -0.4 is 4.74 Å². The van der Waals surface area contributed by atoms with E-state index in [0.29, 0.717) is 11.6 Å². The molecule has 30 heavy (non-hydrogen) atoms. The van der Waals surface area contributed by atoms with Crippen molar-refractivity contribution in [2.75, 3.05) is 0 Å². The molecule has 0 aliphatic heterocycles. The van der Waals surface area contributed by atoms with E-state index in [1.807, 2.05) is 4.40 Å². The summed E-state index contributed by atoms with van der Waals surface area (Å²) < 4.78 is 44.4. The maximum atomic E-state index is 12.5. The summed E-state index contributed by atoms with van der Waals surface area (Å²) in [5.41, 5.74) is 1.09. The zero-order valence-electron chi connectivity index (χ0n) is 15.1. The molecule has 0 amide bonds. The van der Waals surface area contributed by atoms with Gasteiger partial charge in [-0.15, -0.1) is 29.6 Å². The molecule has 5 rings (SSSR count). The summed E-state index contributed by atoms with van der Waals surface area (Å²) in [6.07, 6.45) is 0.849. The highest BCUT2D eigenvalue weighted by atomic mass is 32.1. The number of imidazole rings is 1. The van der Waals surface area contributed by atoms with E-state index in [0.717, 1.165) is 34.7 Å². The highest BCUT2D eigenvalue weighted by Gasteiger charge is 2.34. The van der Waals surface area contributed by atoms with Gasteiger partial charge in [-0.2, -0.15) is 0 Å². The lowest BCUT2D eigenvalue weighted by Crippen LogP contribution is -2.17. The number of nitrogens with zero attached hydrogens (tertiary/aromatic N) is 5. The Balaban J connectivity index is 1.49. The van der Waals surface area contributed by atoms with Crippen molar-refractivity contribution in [1.29, 1.82) is 0 Å². The molecule has 0 spiro atoms. The summed E-state index contributed by atoms with van der Waals surface area (Å²) in [4.78, 5) is 6.09. The molecule has 0 saturated heterocycles. The molecular weight excluding hydrogens is 423 g/mol. The Bertz CT molecular complexity index is 1230. The van der Waals surface area contributed by atoms with E-state index in [1.54, 1.807) is 23.9 Å². The third kappa shape index (κ3) is 3.37. The quantitative estimate of drug-likeness (QED) is 0.496. The van der Waals surface area contributed by atoms with Crippen LogP contribution in [0.25, 0.3) is 10.5 Å². The minimum Gasteiger partial charge on any atom is -0.504 e. The molecule has 1 saturated carbocycles. The lowest BCUT2D eigenvalue weighted by molar-refractivity contribution is -0.275. The van der Waals surface area contributed by atoms with Crippen molar-refractivity contribution in [2.45, 2.75) is 31.2 Å². The highest BCUT2D eigenvalue weighted by molar-refractivity contribution is 7.17. The number of aromatic hydroxyl groups is 1. The number of alkyl halides is 3. The van der Waals surface area contributed by atoms with Crippen molar-refractivity contribution in [1.82, 2.24) is 24.4 Å². The zero-order valence-corrected chi connectivity index (χ0v) is 15.9. The lowest BCUT2D eigenvalue weighted by atomic mass is 10.1. The first-order chi connectivity index (χ1) is 14.3. The average Bonchev–Trinajstić information content (AvgIpc) is 3.10. The van der Waals surface area contributed by atoms with E-state index in [2.05, 4.69) is 20.0 Å². The Morgan fingerprint density at radius 2 is 2.07 bits per heavy atom. The first-order valence-electron chi connectivity index (χ1n) is 8.94. The molecular formula is C18H14F3N5O3S. The molecule has 1 aliphatic carbocycles. The Labute approximate surface area is 170 Å². The second-order valence-corrected chi connectivity index (χ2v) is 7.98. The SMILES string of the molecule is Oc1ccc(-n2cc(C(O)c3c(C4CC4)sc4cncn34)nn2)cc1OC(F)(F)F. The lowest BCUT2D eigenvalue weighted by Gasteiger charge is -2.11. The van der Waals surface area contributed by atoms with Gasteiger partial charge in [-0.3, -0.25) is 4.40 Å². The summed E-state index contributed by atoms with van der Waals surface area (Å²) in [6, 6.07) is 3.41. The molecule has 0 radical (unpaired) electrons. The molecule has 8 nitrogen and oxygen atoms in total. The van der Waals surface area contributed by atoms with E-state index in [-0.39, 0.29) is 11.4 Å². The van der Waals surface area contributed by atoms with Crippen molar-refractivity contribution in [3.05, 3.63) is 53.2 Å². The minimum absolute atomic E-state index is 0.179. The van der Waals surface area contributed by atoms with Crippen LogP contribution in [0.15, 0.2) is 36.9 Å². The topological polar surface area (TPSA) is 97.7 Å². The maximum Gasteiger partial charge on any atom is 0.573 e. The van der Waals surface area contributed by atoms with Gasteiger partial charge in [0.05, 0.1) is 23.8 Å². The van der Waals surface area contributed by atoms with Gasteiger partial charge in [-0.1, -0.05) is 5.21 Å². The average molecular weight is 437 g/mol. The molecule has 3 aromatic heterocycles. The summed E-state index contributed by atoms with van der Waals surface area (Å²) in [5, 5.41) is 28.5. The number of hydrogen-bond donors (Lipinski definition) is 2. The molecule has 2 N–H and O–H groups in total. The zero-order chi connectivity index (χ0) is 21.0. The number of aromatic nitrogens is 5. The first-order valence-corrected chi connectivity index (χ1v) is 9.76. The molecule has 1 aromatic carbocycles. The fraction of sp³-hybridized carbons (Fsp3) is 0.278. The number of phenolic OH excluding ortho intramolecular Hbond substituents is 1. The van der Waals surface area contributed by atoms with Gasteiger partial charge >= 0.3 is 6.36 Å². The van der Waals surface area contributed by atoms with Crippen molar-refractivity contribution in [2.24, 2.45) is 0 Å². The van der Waals surface area contributed by atoms with Crippen molar-refractivity contribution in [3.63, 3.8) is 0 Å². The van der Waals surface area contributed by atoms with Crippen LogP contribution in [0.1, 0.15) is 41.1 Å². The van der Waals surface area contributed by atoms with Gasteiger partial charge in [0.2, 0.25) is 0 Å². The first kappa shape index (κ1) is 18.9. The largest absolute Gasteiger partial charge is 0.573 e. The standard InChI is InChI=1S/C18H14F3N5O3S/c19-18(20,21)29-13-5-10(3-4-12(13)27)26-7-11(23-24-26)16(28)15-17(9-1-2-9)30-14-6-22-8-25(14)15/h3-9,16,27-28H,1-2H2. The van der Waals surface area contributed by atoms with Crippen LogP contribution >= 0.6 is 11.3 Å². The molecule has 0 bridgehead atoms. The molecule has 1 fully saturated rings. The van der Waals surface area contributed by atoms with Crippen LogP contribution in [0.5, 0.6) is 11.5 Å². The highest BCUT2D eigenvalue weighted by Crippen LogP contribution is 2.47. The number of aliphatic hydroxyl groups is 1. The third-order valence-corrected chi connectivity index (χ3v) is 6.04. The summed E-state index contributed by atoms with van der Waals surface area (Å²) in [6.45, 7) is 0. The van der Waals surface area contributed by atoms with Gasteiger partial charge in [0.15, 0.2) is 11.5 Å². The Hall–Kier alpha value is -3.12. The number of hydrogen-bond acceptors (Lipinski definition) is 7. The number of thiazole rings is 1. The second kappa shape index (κ2) is 6.71. The summed E-state index contributed by atoms with van der Waals surface area (Å²) >= 11 is 1.57. The molecule has 1 unspecified atom stereocenters. The molecule has 1 aliphatic rings. The second-order valence-electron chi connectivity index (χ2n) is 6.92. The van der Waals surface area contributed by atoms with E-state index in [1.165, 1.54) is 16.9 Å². The van der Waals surface area contributed by atoms with E-state index < -0.39 is 24.0 Å². The molecule has 1 atom stereocenters. The minimum atomic E-state index is -4.95. The fourth-order valence-corrected chi connectivity index (χ4v) is 4.55. The maximum absolute atomic E-state index is 12.5. The van der Waals surface area contributed by atoms with Gasteiger partial charge < -0.3 is 14.9 Å². The van der Waals surface area contributed by atoms with Crippen LogP contribution in [0.4, 0.5) is 13.2 Å². The summed E-state index contributed by atoms with van der Waals surface area (Å²) in [7, 11) is 0. The van der Waals surface area contributed by atoms with Crippen molar-refractivity contribution < 1.29 is 28.1 Å². The van der Waals surface area contributed by atoms with Crippen LogP contribution in [0.2, 0.25) is 0 Å². The van der Waals surface area contributed by atoms with Gasteiger partial charge in [-0.05, 0) is 30.9 Å². The fourth-order valence-electron chi connectivity index (χ4n) is 3.25. The Morgan fingerprint density at radius 1 is 1.27 bits per heavy atom. The number of halogens is 3. The van der Waals surface area contributed by atoms with Crippen LogP contribution in [-0.2, 0) is 0 Å². The molecule has 156 valence electrons. The van der Waals surface area contributed by atoms with Crippen LogP contribution in [-0.4, -0.2) is 41.0 Å². The number of benzene rings is 1.